The first-order valence-corrected chi connectivity index (χ1v) is 8.92. The third-order valence-electron chi connectivity index (χ3n) is 2.54. The normalized spacial score (nSPS) is 11.7. The van der Waals surface area contributed by atoms with Crippen molar-refractivity contribution in [2.75, 3.05) is 5.73 Å². The van der Waals surface area contributed by atoms with E-state index in [0.717, 1.165) is 17.4 Å². The number of thiophene rings is 1. The van der Waals surface area contributed by atoms with Crippen LogP contribution in [0.25, 0.3) is 0 Å². The summed E-state index contributed by atoms with van der Waals surface area (Å²) in [4.78, 5) is 15.1. The van der Waals surface area contributed by atoms with Crippen LogP contribution in [-0.4, -0.2) is 18.3 Å². The van der Waals surface area contributed by atoms with Gasteiger partial charge in [0.15, 0.2) is 5.00 Å². The second-order valence-electron chi connectivity index (χ2n) is 3.97. The fourth-order valence-electron chi connectivity index (χ4n) is 1.47. The van der Waals surface area contributed by atoms with Gasteiger partial charge < -0.3 is 5.73 Å². The second-order valence-corrected chi connectivity index (χ2v) is 8.25. The van der Waals surface area contributed by atoms with Crippen LogP contribution < -0.4 is 10.5 Å². The summed E-state index contributed by atoms with van der Waals surface area (Å²) in [6, 6.07) is 0.960. The van der Waals surface area contributed by atoms with Crippen LogP contribution in [0.2, 0.25) is 0 Å². The number of nitrogens with one attached hydrogen (secondary N) is 1. The van der Waals surface area contributed by atoms with Gasteiger partial charge in [0, 0.05) is 17.1 Å². The lowest BCUT2D eigenvalue weighted by Crippen LogP contribution is -2.22. The summed E-state index contributed by atoms with van der Waals surface area (Å²) in [5.74, 6) is 0. The highest BCUT2D eigenvalue weighted by atomic mass is 32.2. The van der Waals surface area contributed by atoms with Gasteiger partial charge in [0.05, 0.1) is 11.5 Å². The lowest BCUT2D eigenvalue weighted by molar-refractivity contribution is -0.383. The zero-order valence-corrected chi connectivity index (χ0v) is 13.3. The molecule has 11 heteroatoms. The van der Waals surface area contributed by atoms with Crippen molar-refractivity contribution in [3.63, 3.8) is 0 Å². The van der Waals surface area contributed by atoms with Crippen LogP contribution in [0.1, 0.15) is 16.8 Å². The van der Waals surface area contributed by atoms with Crippen molar-refractivity contribution in [1.82, 2.24) is 9.71 Å². The van der Waals surface area contributed by atoms with Crippen LogP contribution >= 0.6 is 22.7 Å². The van der Waals surface area contributed by atoms with Crippen LogP contribution in [0.3, 0.4) is 0 Å². The monoisotopic (exact) mass is 348 g/mol. The van der Waals surface area contributed by atoms with E-state index >= 15 is 0 Å². The van der Waals surface area contributed by atoms with Gasteiger partial charge in [-0.25, -0.2) is 18.1 Å². The molecule has 0 aliphatic rings. The van der Waals surface area contributed by atoms with Gasteiger partial charge in [-0.2, -0.15) is 0 Å². The minimum absolute atomic E-state index is 0.0403. The molecule has 0 radical (unpaired) electrons. The van der Waals surface area contributed by atoms with Crippen molar-refractivity contribution in [3.8, 4) is 0 Å². The van der Waals surface area contributed by atoms with Gasteiger partial charge in [-0.15, -0.1) is 11.3 Å². The van der Waals surface area contributed by atoms with E-state index in [9.17, 15) is 18.5 Å². The number of nitro groups is 1. The van der Waals surface area contributed by atoms with E-state index in [1.165, 1.54) is 11.3 Å². The fraction of sp³-hybridized carbons (Fsp3) is 0.300. The first-order valence-electron chi connectivity index (χ1n) is 5.80. The Labute approximate surface area is 128 Å². The Balaban J connectivity index is 2.14. The summed E-state index contributed by atoms with van der Waals surface area (Å²) in [5.41, 5.74) is 5.04. The Morgan fingerprint density at radius 2 is 2.19 bits per heavy atom. The molecule has 0 atom stereocenters. The van der Waals surface area contributed by atoms with Crippen LogP contribution in [0.15, 0.2) is 16.5 Å². The number of aromatic nitrogens is 1. The maximum atomic E-state index is 12.1. The number of aryl methyl sites for hydroxylation is 1. The number of thiazole rings is 1. The topological polar surface area (TPSA) is 128 Å². The molecule has 0 aliphatic heterocycles. The maximum absolute atomic E-state index is 12.1. The molecule has 0 saturated heterocycles. The molecule has 0 amide bonds. The third kappa shape index (κ3) is 3.56. The Hall–Kier alpha value is -1.56. The highest BCUT2D eigenvalue weighted by Crippen LogP contribution is 2.34. The van der Waals surface area contributed by atoms with Crippen molar-refractivity contribution in [1.29, 1.82) is 0 Å². The van der Waals surface area contributed by atoms with Crippen molar-refractivity contribution in [3.05, 3.63) is 32.3 Å². The first-order chi connectivity index (χ1) is 9.83. The maximum Gasteiger partial charge on any atom is 0.304 e. The zero-order chi connectivity index (χ0) is 15.6. The van der Waals surface area contributed by atoms with E-state index in [2.05, 4.69) is 9.71 Å². The SMILES string of the molecule is CCc1cnc(CNS(=O)(=O)c2cc([N+](=O)[O-])c(N)s2)s1. The molecule has 0 fully saturated rings. The van der Waals surface area contributed by atoms with E-state index < -0.39 is 20.6 Å². The number of hydrogen-bond acceptors (Lipinski definition) is 8. The van der Waals surface area contributed by atoms with Crippen molar-refractivity contribution in [2.24, 2.45) is 0 Å². The molecule has 2 rings (SSSR count). The summed E-state index contributed by atoms with van der Waals surface area (Å²) >= 11 is 2.08. The molecule has 0 saturated carbocycles. The largest absolute Gasteiger partial charge is 0.385 e. The molecule has 0 bridgehead atoms. The number of nitrogen functional groups attached to an aromatic ring is 1. The van der Waals surface area contributed by atoms with E-state index in [-0.39, 0.29) is 15.8 Å². The highest BCUT2D eigenvalue weighted by Gasteiger charge is 2.24. The van der Waals surface area contributed by atoms with Crippen LogP contribution in [0.5, 0.6) is 0 Å². The lowest BCUT2D eigenvalue weighted by atomic mass is 10.4. The summed E-state index contributed by atoms with van der Waals surface area (Å²) in [6.07, 6.45) is 2.53. The quantitative estimate of drug-likeness (QED) is 0.604. The molecular formula is C10H12N4O4S3. The summed E-state index contributed by atoms with van der Waals surface area (Å²) in [6.45, 7) is 2.02. The summed E-state index contributed by atoms with van der Waals surface area (Å²) < 4.78 is 26.3. The Kier molecular flexibility index (Phi) is 4.56. The molecule has 21 heavy (non-hydrogen) atoms. The van der Waals surface area contributed by atoms with Crippen molar-refractivity contribution in [2.45, 2.75) is 24.1 Å². The molecule has 2 aromatic rings. The Bertz CT molecular complexity index is 765. The molecule has 3 N–H and O–H groups in total. The number of nitrogens with two attached hydrogens (primary N) is 1. The smallest absolute Gasteiger partial charge is 0.304 e. The molecule has 0 unspecified atom stereocenters. The third-order valence-corrected chi connectivity index (χ3v) is 6.51. The van der Waals surface area contributed by atoms with Gasteiger partial charge >= 0.3 is 5.69 Å². The van der Waals surface area contributed by atoms with Gasteiger partial charge in [0.1, 0.15) is 9.22 Å². The van der Waals surface area contributed by atoms with Crippen LogP contribution in [0.4, 0.5) is 10.7 Å². The van der Waals surface area contributed by atoms with E-state index in [0.29, 0.717) is 16.3 Å². The lowest BCUT2D eigenvalue weighted by Gasteiger charge is -2.01. The standard InChI is InChI=1S/C10H12N4O4S3/c1-2-6-4-12-8(19-6)5-13-21(17,18)9-3-7(14(15)16)10(11)20-9/h3-4,13H,2,5,11H2,1H3. The molecule has 0 spiro atoms. The minimum Gasteiger partial charge on any atom is -0.385 e. The number of hydrogen-bond donors (Lipinski definition) is 2. The zero-order valence-electron chi connectivity index (χ0n) is 10.9. The minimum atomic E-state index is -3.84. The van der Waals surface area contributed by atoms with Crippen molar-refractivity contribution >= 4 is 43.4 Å². The van der Waals surface area contributed by atoms with E-state index in [1.807, 2.05) is 6.92 Å². The van der Waals surface area contributed by atoms with Gasteiger partial charge in [-0.05, 0) is 6.42 Å². The van der Waals surface area contributed by atoms with Gasteiger partial charge in [-0.1, -0.05) is 18.3 Å². The molecule has 2 heterocycles. The first kappa shape index (κ1) is 15.8. The van der Waals surface area contributed by atoms with Gasteiger partial charge in [-0.3, -0.25) is 10.1 Å². The number of sulfonamides is 1. The molecule has 114 valence electrons. The van der Waals surface area contributed by atoms with E-state index in [4.69, 9.17) is 5.73 Å². The predicted molar refractivity (Wildman–Crippen MR) is 80.9 cm³/mol. The molecule has 2 aromatic heterocycles. The van der Waals surface area contributed by atoms with Gasteiger partial charge in [0.25, 0.3) is 10.0 Å². The number of nitrogens with zero attached hydrogens (tertiary/aromatic N) is 2. The van der Waals surface area contributed by atoms with E-state index in [1.54, 1.807) is 6.20 Å². The second kappa shape index (κ2) is 6.05. The fourth-order valence-corrected chi connectivity index (χ4v) is 4.61. The Morgan fingerprint density at radius 1 is 1.48 bits per heavy atom. The van der Waals surface area contributed by atoms with Crippen LogP contribution in [0, 0.1) is 10.1 Å². The van der Waals surface area contributed by atoms with Gasteiger partial charge in [0.2, 0.25) is 0 Å². The average molecular weight is 348 g/mol. The Morgan fingerprint density at radius 3 is 2.71 bits per heavy atom. The summed E-state index contributed by atoms with van der Waals surface area (Å²) in [7, 11) is -3.84. The number of anilines is 1. The van der Waals surface area contributed by atoms with Crippen LogP contribution in [-0.2, 0) is 23.0 Å². The van der Waals surface area contributed by atoms with Crippen molar-refractivity contribution < 1.29 is 13.3 Å². The summed E-state index contributed by atoms with van der Waals surface area (Å²) in [5, 5.41) is 11.2. The predicted octanol–water partition coefficient (Wildman–Crippen LogP) is 1.74. The average Bonchev–Trinajstić information content (AvgIpc) is 3.02. The highest BCUT2D eigenvalue weighted by molar-refractivity contribution is 7.91. The molecular weight excluding hydrogens is 336 g/mol. The molecule has 8 nitrogen and oxygen atoms in total. The molecule has 0 aromatic carbocycles. The number of rotatable bonds is 6. The molecule has 0 aliphatic carbocycles.